The van der Waals surface area contributed by atoms with E-state index in [-0.39, 0.29) is 23.5 Å². The second-order valence-corrected chi connectivity index (χ2v) is 10.5. The summed E-state index contributed by atoms with van der Waals surface area (Å²) >= 11 is 0. The number of β-amino-alcohol motifs (C(OH)–C–C–N with tert-alkyl or cyclic N) is 1. The predicted molar refractivity (Wildman–Crippen MR) is 125 cm³/mol. The zero-order chi connectivity index (χ0) is 23.1. The van der Waals surface area contributed by atoms with Gasteiger partial charge in [0.15, 0.2) is 5.79 Å². The van der Waals surface area contributed by atoms with E-state index in [0.717, 1.165) is 11.8 Å². The van der Waals surface area contributed by atoms with E-state index in [4.69, 9.17) is 9.47 Å². The summed E-state index contributed by atoms with van der Waals surface area (Å²) in [5, 5.41) is 10.7. The normalized spacial score (nSPS) is 23.5. The third kappa shape index (κ3) is 3.70. The first-order valence-electron chi connectivity index (χ1n) is 11.6. The minimum Gasteiger partial charge on any atom is -0.395 e. The molecular weight excluding hydrogens is 440 g/mol. The Kier molecular flexibility index (Phi) is 6.05. The van der Waals surface area contributed by atoms with Crippen LogP contribution in [-0.2, 0) is 19.5 Å². The highest BCUT2D eigenvalue weighted by Gasteiger charge is 2.53. The van der Waals surface area contributed by atoms with Gasteiger partial charge < -0.3 is 14.6 Å². The quantitative estimate of drug-likeness (QED) is 0.595. The summed E-state index contributed by atoms with van der Waals surface area (Å²) in [6.07, 6.45) is 1.44. The molecule has 0 amide bonds. The van der Waals surface area contributed by atoms with Gasteiger partial charge in [-0.15, -0.1) is 0 Å². The van der Waals surface area contributed by atoms with Gasteiger partial charge in [-0.3, -0.25) is 4.90 Å². The van der Waals surface area contributed by atoms with E-state index < -0.39 is 15.8 Å². The summed E-state index contributed by atoms with van der Waals surface area (Å²) < 4.78 is 41.8. The van der Waals surface area contributed by atoms with Crippen molar-refractivity contribution in [3.8, 4) is 0 Å². The molecule has 0 saturated carbocycles. The molecular formula is C25H30N2O5S. The van der Waals surface area contributed by atoms with E-state index >= 15 is 0 Å². The summed E-state index contributed by atoms with van der Waals surface area (Å²) in [4.78, 5) is 2.42. The van der Waals surface area contributed by atoms with Gasteiger partial charge in [-0.1, -0.05) is 43.3 Å². The highest BCUT2D eigenvalue weighted by atomic mass is 32.2. The van der Waals surface area contributed by atoms with Crippen molar-refractivity contribution >= 4 is 20.9 Å². The minimum atomic E-state index is -3.86. The number of aliphatic hydroxyl groups excluding tert-OH is 1. The number of hydrogen-bond donors (Lipinski definition) is 1. The van der Waals surface area contributed by atoms with Crippen LogP contribution in [0.5, 0.6) is 0 Å². The van der Waals surface area contributed by atoms with Crippen LogP contribution >= 0.6 is 0 Å². The summed E-state index contributed by atoms with van der Waals surface area (Å²) in [5.74, 6) is -0.822. The molecule has 7 nitrogen and oxygen atoms in total. The van der Waals surface area contributed by atoms with Crippen LogP contribution in [0.4, 0.5) is 0 Å². The molecule has 3 heterocycles. The smallest absolute Gasteiger partial charge is 0.268 e. The van der Waals surface area contributed by atoms with E-state index in [1.807, 2.05) is 36.4 Å². The molecule has 176 valence electrons. The minimum absolute atomic E-state index is 0.00663. The molecule has 0 radical (unpaired) electrons. The molecule has 2 aliphatic rings. The molecule has 1 N–H and O–H groups in total. The van der Waals surface area contributed by atoms with Gasteiger partial charge in [0, 0.05) is 30.8 Å². The van der Waals surface area contributed by atoms with Crippen LogP contribution in [0.15, 0.2) is 65.6 Å². The van der Waals surface area contributed by atoms with Crippen LogP contribution in [-0.4, -0.2) is 61.1 Å². The fourth-order valence-electron chi connectivity index (χ4n) is 5.58. The fourth-order valence-corrected chi connectivity index (χ4v) is 7.15. The lowest BCUT2D eigenvalue weighted by molar-refractivity contribution is -0.238. The Hall–Kier alpha value is -2.23. The zero-order valence-corrected chi connectivity index (χ0v) is 19.6. The van der Waals surface area contributed by atoms with Crippen LogP contribution < -0.4 is 0 Å². The van der Waals surface area contributed by atoms with Crippen LogP contribution in [0.3, 0.4) is 0 Å². The van der Waals surface area contributed by atoms with Crippen LogP contribution in [0.2, 0.25) is 0 Å². The summed E-state index contributed by atoms with van der Waals surface area (Å²) in [5.41, 5.74) is 1.32. The number of piperidine rings is 1. The Morgan fingerprint density at radius 3 is 2.45 bits per heavy atom. The van der Waals surface area contributed by atoms with Gasteiger partial charge in [-0.05, 0) is 30.7 Å². The van der Waals surface area contributed by atoms with Crippen LogP contribution in [0, 0.1) is 5.92 Å². The number of likely N-dealkylation sites (tertiary alicyclic amines) is 1. The second-order valence-electron chi connectivity index (χ2n) is 8.69. The van der Waals surface area contributed by atoms with Crippen LogP contribution in [0.25, 0.3) is 10.9 Å². The standard InChI is InChI=1S/C25H30N2O5S/c1-2-21-24(26(14-15-28)13-12-25(21)31-16-17-32-25)23-18-19-8-6-7-11-22(19)27(23)33(29,30)20-9-4-3-5-10-20/h3-11,18,21,24,28H,2,12-17H2,1H3/t21-,24-/m0/s1. The van der Waals surface area contributed by atoms with E-state index in [0.29, 0.717) is 43.9 Å². The van der Waals surface area contributed by atoms with E-state index in [2.05, 4.69) is 11.8 Å². The predicted octanol–water partition coefficient (Wildman–Crippen LogP) is 3.39. The van der Waals surface area contributed by atoms with E-state index in [1.54, 1.807) is 24.3 Å². The number of hydrogen-bond acceptors (Lipinski definition) is 6. The topological polar surface area (TPSA) is 81.0 Å². The maximum atomic E-state index is 14.0. The molecule has 2 aliphatic heterocycles. The van der Waals surface area contributed by atoms with E-state index in [1.165, 1.54) is 3.97 Å². The van der Waals surface area contributed by atoms with Crippen LogP contribution in [0.1, 0.15) is 31.5 Å². The molecule has 1 spiro atoms. The first-order valence-corrected chi connectivity index (χ1v) is 13.0. The molecule has 2 aromatic carbocycles. The number of benzene rings is 2. The number of aromatic nitrogens is 1. The lowest BCUT2D eigenvalue weighted by atomic mass is 9.80. The van der Waals surface area contributed by atoms with Gasteiger partial charge in [0.25, 0.3) is 10.0 Å². The molecule has 5 rings (SSSR count). The second kappa shape index (κ2) is 8.85. The molecule has 0 aliphatic carbocycles. The molecule has 8 heteroatoms. The van der Waals surface area contributed by atoms with Gasteiger partial charge in [0.1, 0.15) is 0 Å². The van der Waals surface area contributed by atoms with Crippen molar-refractivity contribution in [2.24, 2.45) is 5.92 Å². The van der Waals surface area contributed by atoms with Gasteiger partial charge in [-0.25, -0.2) is 12.4 Å². The Labute approximate surface area is 194 Å². The van der Waals surface area contributed by atoms with E-state index in [9.17, 15) is 13.5 Å². The van der Waals surface area contributed by atoms with Crippen molar-refractivity contribution < 1.29 is 23.0 Å². The fraction of sp³-hybridized carbons (Fsp3) is 0.440. The van der Waals surface area contributed by atoms with Gasteiger partial charge in [0.2, 0.25) is 0 Å². The number of fused-ring (bicyclic) bond motifs is 1. The number of nitrogens with zero attached hydrogens (tertiary/aromatic N) is 2. The maximum absolute atomic E-state index is 14.0. The van der Waals surface area contributed by atoms with Crippen molar-refractivity contribution in [2.75, 3.05) is 32.9 Å². The SMILES string of the molecule is CC[C@H]1[C@@H](c2cc3ccccc3n2S(=O)(=O)c2ccccc2)N(CCO)CCC12OCCO2. The Morgan fingerprint density at radius 2 is 1.76 bits per heavy atom. The lowest BCUT2D eigenvalue weighted by Crippen LogP contribution is -2.55. The third-order valence-corrected chi connectivity index (χ3v) is 8.72. The first-order chi connectivity index (χ1) is 16.0. The summed E-state index contributed by atoms with van der Waals surface area (Å²) in [6.45, 7) is 4.25. The highest BCUT2D eigenvalue weighted by molar-refractivity contribution is 7.90. The van der Waals surface area contributed by atoms with Crippen molar-refractivity contribution in [1.29, 1.82) is 0 Å². The lowest BCUT2D eigenvalue weighted by Gasteiger charge is -2.49. The molecule has 0 bridgehead atoms. The van der Waals surface area contributed by atoms with Crippen molar-refractivity contribution in [3.63, 3.8) is 0 Å². The number of aliphatic hydroxyl groups is 1. The molecule has 2 fully saturated rings. The average molecular weight is 471 g/mol. The van der Waals surface area contributed by atoms with Crippen molar-refractivity contribution in [3.05, 3.63) is 66.4 Å². The molecule has 0 unspecified atom stereocenters. The number of rotatable bonds is 6. The Balaban J connectivity index is 1.75. The highest BCUT2D eigenvalue weighted by Crippen LogP contribution is 2.49. The third-order valence-electron chi connectivity index (χ3n) is 6.97. The molecule has 2 atom stereocenters. The maximum Gasteiger partial charge on any atom is 0.268 e. The Morgan fingerprint density at radius 1 is 1.06 bits per heavy atom. The van der Waals surface area contributed by atoms with Gasteiger partial charge in [0.05, 0.1) is 42.0 Å². The van der Waals surface area contributed by atoms with Gasteiger partial charge >= 0.3 is 0 Å². The van der Waals surface area contributed by atoms with Gasteiger partial charge in [-0.2, -0.15) is 0 Å². The number of ether oxygens (including phenoxy) is 2. The average Bonchev–Trinajstić information content (AvgIpc) is 3.46. The summed E-state index contributed by atoms with van der Waals surface area (Å²) in [6, 6.07) is 17.8. The Bertz CT molecular complexity index is 1220. The summed E-state index contributed by atoms with van der Waals surface area (Å²) in [7, 11) is -3.86. The zero-order valence-electron chi connectivity index (χ0n) is 18.8. The number of para-hydroxylation sites is 1. The first kappa shape index (κ1) is 22.6. The largest absolute Gasteiger partial charge is 0.395 e. The molecule has 2 saturated heterocycles. The monoisotopic (exact) mass is 470 g/mol. The van der Waals surface area contributed by atoms with Crippen molar-refractivity contribution in [1.82, 2.24) is 8.87 Å². The molecule has 33 heavy (non-hydrogen) atoms. The molecule has 3 aromatic rings. The molecule has 1 aromatic heterocycles. The van der Waals surface area contributed by atoms with Crippen molar-refractivity contribution in [2.45, 2.75) is 36.5 Å².